The van der Waals surface area contributed by atoms with Crippen LogP contribution in [0.1, 0.15) is 24.2 Å². The van der Waals surface area contributed by atoms with Crippen molar-refractivity contribution in [3.8, 4) is 0 Å². The van der Waals surface area contributed by atoms with Crippen molar-refractivity contribution in [1.29, 1.82) is 0 Å². The fourth-order valence-electron chi connectivity index (χ4n) is 1.31. The fourth-order valence-corrected chi connectivity index (χ4v) is 1.31. The number of nitrogen functional groups attached to an aromatic ring is 1. The molecular weight excluding hydrogens is 196 g/mol. The molecule has 0 amide bonds. The number of hydrogen-bond donors (Lipinski definition) is 2. The predicted octanol–water partition coefficient (Wildman–Crippen LogP) is 0.603. The highest BCUT2D eigenvalue weighted by molar-refractivity contribution is 5.93. The van der Waals surface area contributed by atoms with E-state index in [1.807, 2.05) is 18.7 Å². The Morgan fingerprint density at radius 1 is 1.47 bits per heavy atom. The highest BCUT2D eigenvalue weighted by Crippen LogP contribution is 2.17. The van der Waals surface area contributed by atoms with E-state index in [1.165, 1.54) is 6.07 Å². The molecule has 3 N–H and O–H groups in total. The van der Waals surface area contributed by atoms with Gasteiger partial charge in [-0.3, -0.25) is 0 Å². The SMILES string of the molecule is CCN(CC)c1nnc(N)cc1C(=O)O. The molecule has 0 aliphatic carbocycles. The first-order valence-electron chi connectivity index (χ1n) is 4.71. The van der Waals surface area contributed by atoms with Gasteiger partial charge in [-0.05, 0) is 13.8 Å². The highest BCUT2D eigenvalue weighted by atomic mass is 16.4. The van der Waals surface area contributed by atoms with Crippen LogP contribution < -0.4 is 10.6 Å². The van der Waals surface area contributed by atoms with Gasteiger partial charge in [0.05, 0.1) is 0 Å². The Hall–Kier alpha value is -1.85. The number of carboxylic acid groups (broad SMARTS) is 1. The van der Waals surface area contributed by atoms with Crippen molar-refractivity contribution in [2.45, 2.75) is 13.8 Å². The van der Waals surface area contributed by atoms with Gasteiger partial charge in [0.2, 0.25) is 0 Å². The molecule has 0 unspecified atom stereocenters. The van der Waals surface area contributed by atoms with Crippen molar-refractivity contribution in [2.75, 3.05) is 23.7 Å². The Labute approximate surface area is 87.7 Å². The Bertz CT molecular complexity index is 363. The van der Waals surface area contributed by atoms with Crippen LogP contribution in [0.5, 0.6) is 0 Å². The number of nitrogens with two attached hydrogens (primary N) is 1. The van der Waals surface area contributed by atoms with E-state index in [-0.39, 0.29) is 11.4 Å². The summed E-state index contributed by atoms with van der Waals surface area (Å²) in [6, 6.07) is 1.32. The Balaban J connectivity index is 3.21. The summed E-state index contributed by atoms with van der Waals surface area (Å²) in [4.78, 5) is 12.8. The molecule has 0 radical (unpaired) electrons. The van der Waals surface area contributed by atoms with Gasteiger partial charge < -0.3 is 15.7 Å². The molecule has 0 aliphatic heterocycles. The van der Waals surface area contributed by atoms with Crippen molar-refractivity contribution < 1.29 is 9.90 Å². The Morgan fingerprint density at radius 3 is 2.53 bits per heavy atom. The van der Waals surface area contributed by atoms with Crippen LogP contribution in [0.2, 0.25) is 0 Å². The van der Waals surface area contributed by atoms with E-state index in [4.69, 9.17) is 10.8 Å². The molecule has 0 aliphatic rings. The molecule has 6 heteroatoms. The van der Waals surface area contributed by atoms with Crippen LogP contribution in [0, 0.1) is 0 Å². The van der Waals surface area contributed by atoms with Crippen molar-refractivity contribution in [1.82, 2.24) is 10.2 Å². The van der Waals surface area contributed by atoms with Crippen molar-refractivity contribution >= 4 is 17.6 Å². The van der Waals surface area contributed by atoms with Crippen LogP contribution in [0.25, 0.3) is 0 Å². The summed E-state index contributed by atoms with van der Waals surface area (Å²) in [7, 11) is 0. The Morgan fingerprint density at radius 2 is 2.07 bits per heavy atom. The molecule has 0 aromatic carbocycles. The highest BCUT2D eigenvalue weighted by Gasteiger charge is 2.16. The van der Waals surface area contributed by atoms with Gasteiger partial charge in [0.15, 0.2) is 5.82 Å². The quantitative estimate of drug-likeness (QED) is 0.756. The molecule has 1 aromatic rings. The molecule has 0 bridgehead atoms. The second-order valence-electron chi connectivity index (χ2n) is 2.98. The number of carboxylic acids is 1. The number of aromatic carboxylic acids is 1. The third kappa shape index (κ3) is 2.34. The number of aromatic nitrogens is 2. The van der Waals surface area contributed by atoms with Gasteiger partial charge in [0.1, 0.15) is 11.4 Å². The molecule has 0 spiro atoms. The lowest BCUT2D eigenvalue weighted by atomic mass is 10.2. The smallest absolute Gasteiger partial charge is 0.339 e. The van der Waals surface area contributed by atoms with Gasteiger partial charge in [-0.25, -0.2) is 4.79 Å². The van der Waals surface area contributed by atoms with Gasteiger partial charge in [-0.15, -0.1) is 10.2 Å². The fraction of sp³-hybridized carbons (Fsp3) is 0.444. The second kappa shape index (κ2) is 4.59. The first-order chi connectivity index (χ1) is 7.10. The van der Waals surface area contributed by atoms with E-state index < -0.39 is 5.97 Å². The molecule has 82 valence electrons. The molecule has 0 fully saturated rings. The number of nitrogens with zero attached hydrogens (tertiary/aromatic N) is 3. The summed E-state index contributed by atoms with van der Waals surface area (Å²) in [5.74, 6) is -0.566. The van der Waals surface area contributed by atoms with Crippen molar-refractivity contribution in [2.24, 2.45) is 0 Å². The second-order valence-corrected chi connectivity index (χ2v) is 2.98. The van der Waals surface area contributed by atoms with Crippen LogP contribution >= 0.6 is 0 Å². The van der Waals surface area contributed by atoms with Gasteiger partial charge in [0, 0.05) is 19.2 Å². The van der Waals surface area contributed by atoms with E-state index in [0.29, 0.717) is 18.9 Å². The molecule has 1 aromatic heterocycles. The van der Waals surface area contributed by atoms with E-state index in [1.54, 1.807) is 0 Å². The van der Waals surface area contributed by atoms with E-state index in [9.17, 15) is 4.79 Å². The zero-order valence-corrected chi connectivity index (χ0v) is 8.77. The van der Waals surface area contributed by atoms with Crippen LogP contribution in [-0.4, -0.2) is 34.4 Å². The standard InChI is InChI=1S/C9H14N4O2/c1-3-13(4-2)8-6(9(14)15)5-7(10)11-12-8/h5H,3-4H2,1-2H3,(H2,10,11)(H,14,15). The van der Waals surface area contributed by atoms with Crippen LogP contribution in [-0.2, 0) is 0 Å². The monoisotopic (exact) mass is 210 g/mol. The Kier molecular flexibility index (Phi) is 3.43. The van der Waals surface area contributed by atoms with Crippen LogP contribution in [0.4, 0.5) is 11.6 Å². The number of rotatable bonds is 4. The van der Waals surface area contributed by atoms with Crippen LogP contribution in [0.15, 0.2) is 6.07 Å². The molecule has 6 nitrogen and oxygen atoms in total. The summed E-state index contributed by atoms with van der Waals surface area (Å²) in [6.45, 7) is 5.20. The molecule has 15 heavy (non-hydrogen) atoms. The number of anilines is 2. The van der Waals surface area contributed by atoms with Gasteiger partial charge >= 0.3 is 5.97 Å². The third-order valence-corrected chi connectivity index (χ3v) is 2.09. The van der Waals surface area contributed by atoms with E-state index in [0.717, 1.165) is 0 Å². The lowest BCUT2D eigenvalue weighted by Crippen LogP contribution is -2.26. The van der Waals surface area contributed by atoms with Gasteiger partial charge in [-0.1, -0.05) is 0 Å². The minimum Gasteiger partial charge on any atom is -0.478 e. The molecule has 1 rings (SSSR count). The van der Waals surface area contributed by atoms with Crippen molar-refractivity contribution in [3.05, 3.63) is 11.6 Å². The molecular formula is C9H14N4O2. The first-order valence-corrected chi connectivity index (χ1v) is 4.71. The largest absolute Gasteiger partial charge is 0.478 e. The number of carbonyl (C=O) groups is 1. The summed E-state index contributed by atoms with van der Waals surface area (Å²) in [5.41, 5.74) is 5.48. The van der Waals surface area contributed by atoms with Gasteiger partial charge in [0.25, 0.3) is 0 Å². The maximum absolute atomic E-state index is 11.0. The molecule has 0 saturated heterocycles. The lowest BCUT2D eigenvalue weighted by Gasteiger charge is -2.20. The molecule has 0 atom stereocenters. The first kappa shape index (κ1) is 11.2. The topological polar surface area (TPSA) is 92.3 Å². The van der Waals surface area contributed by atoms with E-state index >= 15 is 0 Å². The zero-order valence-electron chi connectivity index (χ0n) is 8.77. The summed E-state index contributed by atoms with van der Waals surface area (Å²) >= 11 is 0. The maximum atomic E-state index is 11.0. The summed E-state index contributed by atoms with van der Waals surface area (Å²) in [6.07, 6.45) is 0. The molecule has 1 heterocycles. The van der Waals surface area contributed by atoms with E-state index in [2.05, 4.69) is 10.2 Å². The summed E-state index contributed by atoms with van der Waals surface area (Å²) < 4.78 is 0. The average molecular weight is 210 g/mol. The minimum absolute atomic E-state index is 0.0891. The van der Waals surface area contributed by atoms with Gasteiger partial charge in [-0.2, -0.15) is 0 Å². The third-order valence-electron chi connectivity index (χ3n) is 2.09. The minimum atomic E-state index is -1.04. The van der Waals surface area contributed by atoms with Crippen LogP contribution in [0.3, 0.4) is 0 Å². The normalized spacial score (nSPS) is 10.0. The maximum Gasteiger partial charge on any atom is 0.339 e. The number of hydrogen-bond acceptors (Lipinski definition) is 5. The zero-order chi connectivity index (χ0) is 11.4. The average Bonchev–Trinajstić information content (AvgIpc) is 2.21. The van der Waals surface area contributed by atoms with Crippen molar-refractivity contribution in [3.63, 3.8) is 0 Å². The molecule has 0 saturated carbocycles. The lowest BCUT2D eigenvalue weighted by molar-refractivity contribution is 0.0697. The summed E-state index contributed by atoms with van der Waals surface area (Å²) in [5, 5.41) is 16.5. The predicted molar refractivity (Wildman–Crippen MR) is 57.0 cm³/mol.